The summed E-state index contributed by atoms with van der Waals surface area (Å²) in [6.45, 7) is 1.84. The predicted molar refractivity (Wildman–Crippen MR) is 89.4 cm³/mol. The summed E-state index contributed by atoms with van der Waals surface area (Å²) in [6, 6.07) is 4.75. The van der Waals surface area contributed by atoms with Crippen LogP contribution in [0.15, 0.2) is 23.2 Å². The van der Waals surface area contributed by atoms with E-state index in [0.29, 0.717) is 22.8 Å². The number of amidine groups is 1. The van der Waals surface area contributed by atoms with Crippen molar-refractivity contribution in [3.8, 4) is 0 Å². The number of rotatable bonds is 3. The average Bonchev–Trinajstić information content (AvgIpc) is 3.36. The second-order valence-electron chi connectivity index (χ2n) is 6.83. The van der Waals surface area contributed by atoms with E-state index in [0.717, 1.165) is 12.8 Å². The molecule has 2 aliphatic carbocycles. The third-order valence-electron chi connectivity index (χ3n) is 5.05. The largest absolute Gasteiger partial charge is 0.399 e. The van der Waals surface area contributed by atoms with Gasteiger partial charge in [0.15, 0.2) is 5.17 Å². The number of nitrogens with two attached hydrogens (primary N) is 2. The zero-order valence-electron chi connectivity index (χ0n) is 12.8. The Kier molecular flexibility index (Phi) is 2.98. The number of halogens is 1. The minimum absolute atomic E-state index is 0.00314. The first kappa shape index (κ1) is 14.8. The van der Waals surface area contributed by atoms with Gasteiger partial charge >= 0.3 is 0 Å². The first-order valence-corrected chi connectivity index (χ1v) is 8.57. The molecule has 1 aromatic carbocycles. The van der Waals surface area contributed by atoms with E-state index in [9.17, 15) is 9.18 Å². The Morgan fingerprint density at radius 1 is 1.43 bits per heavy atom. The number of aliphatic imine (C=N–C) groups is 1. The van der Waals surface area contributed by atoms with Gasteiger partial charge in [-0.15, -0.1) is 0 Å². The van der Waals surface area contributed by atoms with Crippen LogP contribution in [0.2, 0.25) is 0 Å². The monoisotopic (exact) mass is 334 g/mol. The zero-order valence-corrected chi connectivity index (χ0v) is 13.6. The fraction of sp³-hybridized carbons (Fsp3) is 0.500. The molecule has 5 N–H and O–H groups in total. The van der Waals surface area contributed by atoms with Crippen molar-refractivity contribution in [1.29, 1.82) is 0 Å². The molecule has 2 saturated carbocycles. The number of benzene rings is 1. The molecule has 3 aliphatic rings. The van der Waals surface area contributed by atoms with E-state index < -0.39 is 10.3 Å². The number of nitrogens with one attached hydrogen (secondary N) is 1. The Labute approximate surface area is 138 Å². The van der Waals surface area contributed by atoms with Gasteiger partial charge in [0, 0.05) is 23.2 Å². The summed E-state index contributed by atoms with van der Waals surface area (Å²) < 4.78 is 13.8. The summed E-state index contributed by atoms with van der Waals surface area (Å²) in [4.78, 5) is 17.2. The molecule has 122 valence electrons. The molecule has 0 unspecified atom stereocenters. The van der Waals surface area contributed by atoms with Crippen LogP contribution >= 0.6 is 11.8 Å². The van der Waals surface area contributed by atoms with E-state index in [1.165, 1.54) is 23.9 Å². The van der Waals surface area contributed by atoms with Crippen molar-refractivity contribution in [1.82, 2.24) is 5.32 Å². The van der Waals surface area contributed by atoms with Gasteiger partial charge < -0.3 is 16.8 Å². The summed E-state index contributed by atoms with van der Waals surface area (Å²) in [7, 11) is 0. The van der Waals surface area contributed by atoms with Crippen LogP contribution in [0.25, 0.3) is 0 Å². The maximum absolute atomic E-state index is 14.4. The van der Waals surface area contributed by atoms with Crippen LogP contribution in [0.3, 0.4) is 0 Å². The first-order valence-electron chi connectivity index (χ1n) is 7.76. The van der Waals surface area contributed by atoms with Crippen LogP contribution < -0.4 is 16.8 Å². The molecular weight excluding hydrogens is 315 g/mol. The van der Waals surface area contributed by atoms with Crippen LogP contribution in [0.4, 0.5) is 10.1 Å². The topological polar surface area (TPSA) is 93.5 Å². The number of anilines is 1. The Balaban J connectivity index is 1.73. The highest BCUT2D eigenvalue weighted by atomic mass is 32.2. The Morgan fingerprint density at radius 2 is 2.17 bits per heavy atom. The Morgan fingerprint density at radius 3 is 2.87 bits per heavy atom. The molecule has 0 spiro atoms. The van der Waals surface area contributed by atoms with Gasteiger partial charge in [-0.05, 0) is 44.4 Å². The van der Waals surface area contributed by atoms with Crippen LogP contribution in [-0.2, 0) is 10.3 Å². The zero-order chi connectivity index (χ0) is 16.4. The Bertz CT molecular complexity index is 735. The van der Waals surface area contributed by atoms with Crippen LogP contribution in [0, 0.1) is 11.7 Å². The Hall–Kier alpha value is -1.76. The number of carbonyl (C=O) groups is 1. The molecule has 0 aromatic heterocycles. The lowest BCUT2D eigenvalue weighted by atomic mass is 9.85. The van der Waals surface area contributed by atoms with Crippen LogP contribution in [0.1, 0.15) is 31.7 Å². The SMILES string of the molecule is C[C@]1(c2cc(N)ccc2F)N=C(N)S[C@@]2(C(=O)NC3CC3)C[C@H]21. The first-order chi connectivity index (χ1) is 10.8. The number of hydrogen-bond acceptors (Lipinski definition) is 5. The van der Waals surface area contributed by atoms with Crippen molar-refractivity contribution in [2.75, 3.05) is 5.73 Å². The van der Waals surface area contributed by atoms with Gasteiger partial charge in [0.05, 0.1) is 5.54 Å². The summed E-state index contributed by atoms with van der Waals surface area (Å²) in [5.41, 5.74) is 11.8. The molecule has 2 fully saturated rings. The third-order valence-corrected chi connectivity index (χ3v) is 6.35. The lowest BCUT2D eigenvalue weighted by Gasteiger charge is -2.33. The molecule has 1 aromatic rings. The van der Waals surface area contributed by atoms with Gasteiger partial charge in [0.1, 0.15) is 10.6 Å². The number of fused-ring (bicyclic) bond motifs is 1. The van der Waals surface area contributed by atoms with Gasteiger partial charge in [-0.1, -0.05) is 11.8 Å². The number of nitrogen functional groups attached to an aromatic ring is 1. The van der Waals surface area contributed by atoms with Crippen molar-refractivity contribution < 1.29 is 9.18 Å². The number of thioether (sulfide) groups is 1. The van der Waals surface area contributed by atoms with E-state index in [1.807, 2.05) is 6.92 Å². The fourth-order valence-electron chi connectivity index (χ4n) is 3.54. The molecule has 0 saturated heterocycles. The molecule has 5 nitrogen and oxygen atoms in total. The van der Waals surface area contributed by atoms with Crippen molar-refractivity contribution in [3.63, 3.8) is 0 Å². The molecular formula is C16H19FN4OS. The summed E-state index contributed by atoms with van der Waals surface area (Å²) >= 11 is 1.31. The van der Waals surface area contributed by atoms with Crippen molar-refractivity contribution in [2.45, 2.75) is 42.5 Å². The number of carbonyl (C=O) groups excluding carboxylic acids is 1. The van der Waals surface area contributed by atoms with E-state index in [1.54, 1.807) is 6.07 Å². The average molecular weight is 334 g/mol. The molecule has 1 amide bonds. The molecule has 23 heavy (non-hydrogen) atoms. The van der Waals surface area contributed by atoms with Gasteiger partial charge in [0.25, 0.3) is 0 Å². The number of nitrogens with zero attached hydrogens (tertiary/aromatic N) is 1. The highest BCUT2D eigenvalue weighted by Gasteiger charge is 2.70. The maximum atomic E-state index is 14.4. The quantitative estimate of drug-likeness (QED) is 0.734. The summed E-state index contributed by atoms with van der Waals surface area (Å²) in [5.74, 6) is -0.445. The molecule has 0 radical (unpaired) electrons. The normalized spacial score (nSPS) is 35.2. The molecule has 3 atom stereocenters. The molecule has 1 heterocycles. The van der Waals surface area contributed by atoms with E-state index in [2.05, 4.69) is 10.3 Å². The van der Waals surface area contributed by atoms with Gasteiger partial charge in [-0.2, -0.15) is 0 Å². The van der Waals surface area contributed by atoms with Gasteiger partial charge in [-0.25, -0.2) is 4.39 Å². The fourth-order valence-corrected chi connectivity index (χ4v) is 4.92. The van der Waals surface area contributed by atoms with Crippen molar-refractivity contribution in [2.24, 2.45) is 16.6 Å². The summed E-state index contributed by atoms with van der Waals surface area (Å²) in [6.07, 6.45) is 2.70. The highest BCUT2D eigenvalue weighted by Crippen LogP contribution is 2.66. The minimum atomic E-state index is -0.865. The van der Waals surface area contributed by atoms with E-state index >= 15 is 0 Å². The second-order valence-corrected chi connectivity index (χ2v) is 8.18. The van der Waals surface area contributed by atoms with Crippen LogP contribution in [0.5, 0.6) is 0 Å². The second kappa shape index (κ2) is 4.63. The van der Waals surface area contributed by atoms with Crippen LogP contribution in [-0.4, -0.2) is 21.9 Å². The van der Waals surface area contributed by atoms with E-state index in [-0.39, 0.29) is 23.7 Å². The van der Waals surface area contributed by atoms with Gasteiger partial charge in [0.2, 0.25) is 5.91 Å². The highest BCUT2D eigenvalue weighted by molar-refractivity contribution is 8.15. The molecule has 0 bridgehead atoms. The lowest BCUT2D eigenvalue weighted by molar-refractivity contribution is -0.121. The number of hydrogen-bond donors (Lipinski definition) is 3. The standard InChI is InChI=1S/C16H19FN4OS/c1-15(10-6-8(18)2-5-11(10)17)12-7-16(12,23-14(19)21-15)13(22)20-9-3-4-9/h2,5-6,9,12H,3-4,7,18H2,1H3,(H2,19,21)(H,20,22)/t12-,15+,16-/m0/s1. The smallest absolute Gasteiger partial charge is 0.237 e. The summed E-state index contributed by atoms with van der Waals surface area (Å²) in [5, 5.41) is 3.38. The van der Waals surface area contributed by atoms with Crippen molar-refractivity contribution >= 4 is 28.5 Å². The lowest BCUT2D eigenvalue weighted by Crippen LogP contribution is -2.44. The predicted octanol–water partition coefficient (Wildman–Crippen LogP) is 1.72. The van der Waals surface area contributed by atoms with E-state index in [4.69, 9.17) is 11.5 Å². The minimum Gasteiger partial charge on any atom is -0.399 e. The van der Waals surface area contributed by atoms with Gasteiger partial charge in [-0.3, -0.25) is 9.79 Å². The molecule has 7 heteroatoms. The third kappa shape index (κ3) is 2.21. The maximum Gasteiger partial charge on any atom is 0.237 e. The number of amides is 1. The molecule has 4 rings (SSSR count). The molecule has 1 aliphatic heterocycles. The van der Waals surface area contributed by atoms with Crippen molar-refractivity contribution in [3.05, 3.63) is 29.6 Å².